The van der Waals surface area contributed by atoms with Crippen molar-refractivity contribution < 1.29 is 14.6 Å². The molecule has 1 aliphatic rings. The summed E-state index contributed by atoms with van der Waals surface area (Å²) in [4.78, 5) is 16.8. The average molecular weight is 448 g/mol. The molecule has 0 fully saturated rings. The molecule has 4 aromatic rings. The van der Waals surface area contributed by atoms with Crippen LogP contribution in [0.5, 0.6) is 5.75 Å². The van der Waals surface area contributed by atoms with E-state index in [0.717, 1.165) is 22.0 Å². The van der Waals surface area contributed by atoms with E-state index in [1.807, 2.05) is 36.4 Å². The molecule has 2 aromatic carbocycles. The number of ether oxygens (including phenoxy) is 1. The highest BCUT2D eigenvalue weighted by molar-refractivity contribution is 7.06. The van der Waals surface area contributed by atoms with Crippen LogP contribution in [0.25, 0.3) is 10.9 Å². The number of hydrogen-bond acceptors (Lipinski definition) is 6. The second-order valence-corrected chi connectivity index (χ2v) is 8.36. The number of aromatic nitrogens is 2. The maximum atomic E-state index is 13.3. The predicted molar refractivity (Wildman–Crippen MR) is 122 cm³/mol. The Morgan fingerprint density at radius 1 is 1.25 bits per heavy atom. The molecular formula is C23H21N5O3S. The zero-order chi connectivity index (χ0) is 22.2. The van der Waals surface area contributed by atoms with E-state index in [4.69, 9.17) is 10.1 Å². The van der Waals surface area contributed by atoms with Crippen LogP contribution in [0.1, 0.15) is 17.2 Å². The quantitative estimate of drug-likeness (QED) is 0.438. The van der Waals surface area contributed by atoms with Gasteiger partial charge in [-0.3, -0.25) is 10.2 Å². The normalized spacial score (nSPS) is 18.2. The molecule has 9 heteroatoms. The lowest BCUT2D eigenvalue weighted by Gasteiger charge is -2.24. The summed E-state index contributed by atoms with van der Waals surface area (Å²) in [6, 6.07) is 14.3. The van der Waals surface area contributed by atoms with E-state index < -0.39 is 12.1 Å². The van der Waals surface area contributed by atoms with E-state index in [1.54, 1.807) is 41.6 Å². The number of carbonyl (C=O) groups is 1. The van der Waals surface area contributed by atoms with Gasteiger partial charge in [-0.05, 0) is 23.8 Å². The summed E-state index contributed by atoms with van der Waals surface area (Å²) in [5.74, 6) is 0.376. The van der Waals surface area contributed by atoms with E-state index >= 15 is 0 Å². The number of nitrogens with zero attached hydrogens (tertiary/aromatic N) is 3. The first-order valence-electron chi connectivity index (χ1n) is 10.0. The number of thiazole rings is 1. The molecule has 8 nitrogen and oxygen atoms in total. The Balaban J connectivity index is 1.57. The molecule has 0 unspecified atom stereocenters. The standard InChI is InChI=1S/C23H21N5O3S/c1-31-15-8-6-14(7-9-15)21-22(30)20(17-12-25-18-5-3-2-4-16(17)18)26-28(21)19(29)13-27-10-11-32-23(27)24/h2-12,21-22,24-25,30H,13H2,1H3/t21-,22-/m1/s1. The number of hydrazone groups is 1. The molecule has 2 aromatic heterocycles. The lowest BCUT2D eigenvalue weighted by atomic mass is 9.95. The van der Waals surface area contributed by atoms with Crippen LogP contribution in [0, 0.1) is 5.41 Å². The SMILES string of the molecule is COc1ccc([C@@H]2[C@H](O)C(c3c[nH]c4ccccc34)=NN2C(=O)Cn2ccsc2=N)cc1. The molecule has 0 radical (unpaired) electrons. The molecule has 1 aliphatic heterocycles. The number of aliphatic hydroxyl groups is 1. The zero-order valence-electron chi connectivity index (χ0n) is 17.2. The topological polar surface area (TPSA) is 107 Å². The van der Waals surface area contributed by atoms with E-state index in [9.17, 15) is 9.90 Å². The van der Waals surface area contributed by atoms with Gasteiger partial charge in [-0.25, -0.2) is 5.01 Å². The van der Waals surface area contributed by atoms with Crippen LogP contribution >= 0.6 is 11.3 Å². The van der Waals surface area contributed by atoms with E-state index in [0.29, 0.717) is 11.5 Å². The minimum absolute atomic E-state index is 0.0353. The molecular weight excluding hydrogens is 426 g/mol. The largest absolute Gasteiger partial charge is 0.497 e. The number of fused-ring (bicyclic) bond motifs is 1. The Morgan fingerprint density at radius 2 is 2.03 bits per heavy atom. The highest BCUT2D eigenvalue weighted by Gasteiger charge is 2.41. The zero-order valence-corrected chi connectivity index (χ0v) is 18.0. The van der Waals surface area contributed by atoms with Gasteiger partial charge >= 0.3 is 0 Å². The van der Waals surface area contributed by atoms with Crippen molar-refractivity contribution in [3.63, 3.8) is 0 Å². The van der Waals surface area contributed by atoms with Crippen molar-refractivity contribution in [2.24, 2.45) is 5.10 Å². The number of H-pyrrole nitrogens is 1. The van der Waals surface area contributed by atoms with Crippen molar-refractivity contribution in [2.75, 3.05) is 7.11 Å². The number of carbonyl (C=O) groups excluding carboxylic acids is 1. The van der Waals surface area contributed by atoms with Crippen LogP contribution in [0.15, 0.2) is 71.4 Å². The van der Waals surface area contributed by atoms with E-state index in [2.05, 4.69) is 10.1 Å². The van der Waals surface area contributed by atoms with Gasteiger partial charge in [0, 0.05) is 34.2 Å². The maximum absolute atomic E-state index is 13.3. The van der Waals surface area contributed by atoms with Gasteiger partial charge in [-0.2, -0.15) is 5.10 Å². The first kappa shape index (κ1) is 20.2. The van der Waals surface area contributed by atoms with Crippen LogP contribution in [-0.2, 0) is 11.3 Å². The first-order valence-corrected chi connectivity index (χ1v) is 10.9. The summed E-state index contributed by atoms with van der Waals surface area (Å²) in [5, 5.41) is 27.9. The smallest absolute Gasteiger partial charge is 0.263 e. The highest BCUT2D eigenvalue weighted by atomic mass is 32.1. The van der Waals surface area contributed by atoms with Gasteiger partial charge in [0.25, 0.3) is 5.91 Å². The Bertz CT molecular complexity index is 1370. The Hall–Kier alpha value is -3.69. The molecule has 2 atom stereocenters. The third kappa shape index (κ3) is 3.41. The molecule has 0 spiro atoms. The molecule has 5 rings (SSSR count). The van der Waals surface area contributed by atoms with Crippen molar-refractivity contribution in [3.05, 3.63) is 82.2 Å². The van der Waals surface area contributed by atoms with Crippen molar-refractivity contribution >= 4 is 33.9 Å². The summed E-state index contributed by atoms with van der Waals surface area (Å²) < 4.78 is 6.80. The fraction of sp³-hybridized carbons (Fsp3) is 0.174. The summed E-state index contributed by atoms with van der Waals surface area (Å²) >= 11 is 1.25. The van der Waals surface area contributed by atoms with Gasteiger partial charge in [0.2, 0.25) is 0 Å². The maximum Gasteiger partial charge on any atom is 0.263 e. The fourth-order valence-electron chi connectivity index (χ4n) is 4.00. The summed E-state index contributed by atoms with van der Waals surface area (Å²) in [6.07, 6.45) is 2.49. The molecule has 3 N–H and O–H groups in total. The van der Waals surface area contributed by atoms with Crippen LogP contribution in [0.2, 0.25) is 0 Å². The third-order valence-corrected chi connectivity index (χ3v) is 6.34. The van der Waals surface area contributed by atoms with Gasteiger partial charge in [0.1, 0.15) is 30.2 Å². The van der Waals surface area contributed by atoms with Crippen molar-refractivity contribution in [3.8, 4) is 5.75 Å². The lowest BCUT2D eigenvalue weighted by molar-refractivity contribution is -0.135. The first-order chi connectivity index (χ1) is 15.6. The molecule has 0 bridgehead atoms. The van der Waals surface area contributed by atoms with Gasteiger partial charge in [0.05, 0.1) is 7.11 Å². The minimum atomic E-state index is -1.02. The number of hydrogen-bond donors (Lipinski definition) is 3. The number of nitrogens with one attached hydrogen (secondary N) is 2. The Morgan fingerprint density at radius 3 is 2.75 bits per heavy atom. The van der Waals surface area contributed by atoms with Gasteiger partial charge in [0.15, 0.2) is 4.80 Å². The minimum Gasteiger partial charge on any atom is -0.497 e. The Kier molecular flexibility index (Phi) is 5.12. The number of amides is 1. The predicted octanol–water partition coefficient (Wildman–Crippen LogP) is 2.87. The van der Waals surface area contributed by atoms with Crippen molar-refractivity contribution in [1.82, 2.24) is 14.6 Å². The van der Waals surface area contributed by atoms with Crippen LogP contribution in [0.3, 0.4) is 0 Å². The second kappa shape index (κ2) is 8.10. The highest BCUT2D eigenvalue weighted by Crippen LogP contribution is 2.35. The summed E-state index contributed by atoms with van der Waals surface area (Å²) in [5.41, 5.74) is 2.85. The molecule has 0 saturated carbocycles. The average Bonchev–Trinajstić information content (AvgIpc) is 3.51. The number of para-hydroxylation sites is 1. The molecule has 1 amide bonds. The second-order valence-electron chi connectivity index (χ2n) is 7.47. The Labute approximate surface area is 187 Å². The summed E-state index contributed by atoms with van der Waals surface area (Å²) in [7, 11) is 1.59. The van der Waals surface area contributed by atoms with Crippen molar-refractivity contribution in [1.29, 1.82) is 5.41 Å². The summed E-state index contributed by atoms with van der Waals surface area (Å²) in [6.45, 7) is -0.0353. The molecule has 0 aliphatic carbocycles. The van der Waals surface area contributed by atoms with Crippen molar-refractivity contribution in [2.45, 2.75) is 18.7 Å². The number of aliphatic hydroxyl groups excluding tert-OH is 1. The van der Waals surface area contributed by atoms with Crippen LogP contribution < -0.4 is 9.54 Å². The van der Waals surface area contributed by atoms with Gasteiger partial charge in [-0.15, -0.1) is 11.3 Å². The molecule has 0 saturated heterocycles. The van der Waals surface area contributed by atoms with Gasteiger partial charge in [-0.1, -0.05) is 30.3 Å². The number of benzene rings is 2. The third-order valence-electron chi connectivity index (χ3n) is 5.62. The lowest BCUT2D eigenvalue weighted by Crippen LogP contribution is -2.36. The van der Waals surface area contributed by atoms with Crippen LogP contribution in [0.4, 0.5) is 0 Å². The number of methoxy groups -OCH3 is 1. The van der Waals surface area contributed by atoms with Gasteiger partial charge < -0.3 is 19.4 Å². The van der Waals surface area contributed by atoms with E-state index in [-0.39, 0.29) is 17.3 Å². The fourth-order valence-corrected chi connectivity index (χ4v) is 4.60. The van der Waals surface area contributed by atoms with Crippen LogP contribution in [-0.4, -0.2) is 44.5 Å². The molecule has 32 heavy (non-hydrogen) atoms. The monoisotopic (exact) mass is 447 g/mol. The molecule has 162 valence electrons. The number of rotatable bonds is 5. The number of aromatic amines is 1. The molecule has 3 heterocycles. The van der Waals surface area contributed by atoms with E-state index in [1.165, 1.54) is 16.3 Å².